The van der Waals surface area contributed by atoms with Gasteiger partial charge >= 0.3 is 0 Å². The van der Waals surface area contributed by atoms with E-state index < -0.39 is 37.3 Å². The molecule has 1 unspecified atom stereocenters. The van der Waals surface area contributed by atoms with Crippen LogP contribution < -0.4 is 0 Å². The van der Waals surface area contributed by atoms with Crippen molar-refractivity contribution in [3.8, 4) is 0 Å². The zero-order valence-electron chi connectivity index (χ0n) is 10.6. The Morgan fingerprint density at radius 1 is 1.25 bits per heavy atom. The average Bonchev–Trinajstić information content (AvgIpc) is 2.47. The van der Waals surface area contributed by atoms with Crippen LogP contribution in [0.15, 0.2) is 24.3 Å². The van der Waals surface area contributed by atoms with Crippen LogP contribution in [-0.4, -0.2) is 58.1 Å². The fraction of sp³-hybridized carbons (Fsp3) is 0.538. The quantitative estimate of drug-likeness (QED) is 0.616. The molecule has 1 aromatic rings. The molecule has 6 nitrogen and oxygen atoms in total. The third-order valence-corrected chi connectivity index (χ3v) is 3.39. The lowest BCUT2D eigenvalue weighted by molar-refractivity contribution is -0.284. The molecular weight excluding hydrogens is 288 g/mol. The van der Waals surface area contributed by atoms with Gasteiger partial charge < -0.3 is 29.9 Å². The molecule has 5 atom stereocenters. The lowest BCUT2D eigenvalue weighted by Gasteiger charge is -2.37. The van der Waals surface area contributed by atoms with Gasteiger partial charge in [-0.2, -0.15) is 0 Å². The Hall–Kier alpha value is -0.730. The van der Waals surface area contributed by atoms with Crippen molar-refractivity contribution in [1.82, 2.24) is 0 Å². The standard InChI is InChI=1S/C13H17ClO6/c14-8-3-1-7(2-4-8)13-19-6-10(17)12(20-13)11(18)9(16)5-15/h1-4,9-13,15-18H,5-6H2/t9-,10+,11+,12+,13?/m1/s1. The monoisotopic (exact) mass is 304 g/mol. The van der Waals surface area contributed by atoms with E-state index in [-0.39, 0.29) is 6.61 Å². The highest BCUT2D eigenvalue weighted by atomic mass is 35.5. The molecule has 1 aliphatic rings. The molecule has 1 heterocycles. The molecule has 1 aromatic carbocycles. The molecule has 0 spiro atoms. The summed E-state index contributed by atoms with van der Waals surface area (Å²) >= 11 is 5.79. The van der Waals surface area contributed by atoms with Crippen LogP contribution in [0.3, 0.4) is 0 Å². The van der Waals surface area contributed by atoms with Gasteiger partial charge in [-0.3, -0.25) is 0 Å². The minimum absolute atomic E-state index is 0.0484. The molecule has 0 aliphatic carbocycles. The molecule has 0 aromatic heterocycles. The minimum atomic E-state index is -1.41. The van der Waals surface area contributed by atoms with Gasteiger partial charge in [0.15, 0.2) is 6.29 Å². The summed E-state index contributed by atoms with van der Waals surface area (Å²) in [5.41, 5.74) is 0.678. The third kappa shape index (κ3) is 3.48. The molecule has 7 heteroatoms. The predicted octanol–water partition coefficient (Wildman–Crippen LogP) is -0.171. The van der Waals surface area contributed by atoms with E-state index in [1.807, 2.05) is 0 Å². The summed E-state index contributed by atoms with van der Waals surface area (Å²) in [6.45, 7) is -0.673. The van der Waals surface area contributed by atoms with E-state index in [0.29, 0.717) is 10.6 Å². The van der Waals surface area contributed by atoms with E-state index in [1.54, 1.807) is 24.3 Å². The first-order valence-corrected chi connectivity index (χ1v) is 6.58. The molecule has 1 aliphatic heterocycles. The maximum atomic E-state index is 9.85. The number of aliphatic hydroxyl groups excluding tert-OH is 4. The molecule has 112 valence electrons. The maximum Gasteiger partial charge on any atom is 0.184 e. The second kappa shape index (κ2) is 6.82. The van der Waals surface area contributed by atoms with Crippen LogP contribution >= 0.6 is 11.6 Å². The Morgan fingerprint density at radius 3 is 2.50 bits per heavy atom. The van der Waals surface area contributed by atoms with E-state index in [1.165, 1.54) is 0 Å². The summed E-state index contributed by atoms with van der Waals surface area (Å²) in [4.78, 5) is 0. The van der Waals surface area contributed by atoms with E-state index in [9.17, 15) is 15.3 Å². The Balaban J connectivity index is 2.09. The molecule has 4 N–H and O–H groups in total. The van der Waals surface area contributed by atoms with Crippen molar-refractivity contribution in [2.75, 3.05) is 13.2 Å². The highest BCUT2D eigenvalue weighted by molar-refractivity contribution is 6.30. The second-order valence-electron chi connectivity index (χ2n) is 4.63. The molecule has 0 saturated carbocycles. The summed E-state index contributed by atoms with van der Waals surface area (Å²) in [6.07, 6.45) is -5.71. The van der Waals surface area contributed by atoms with Gasteiger partial charge in [0.2, 0.25) is 0 Å². The lowest BCUT2D eigenvalue weighted by atomic mass is 10.0. The van der Waals surface area contributed by atoms with E-state index in [4.69, 9.17) is 26.2 Å². The summed E-state index contributed by atoms with van der Waals surface area (Å²) in [7, 11) is 0. The van der Waals surface area contributed by atoms with E-state index >= 15 is 0 Å². The van der Waals surface area contributed by atoms with Crippen molar-refractivity contribution >= 4 is 11.6 Å². The van der Waals surface area contributed by atoms with Crippen LogP contribution in [-0.2, 0) is 9.47 Å². The highest BCUT2D eigenvalue weighted by Crippen LogP contribution is 2.29. The molecule has 0 amide bonds. The highest BCUT2D eigenvalue weighted by Gasteiger charge is 2.39. The number of rotatable bonds is 4. The summed E-state index contributed by atoms with van der Waals surface area (Å²) < 4.78 is 10.8. The summed E-state index contributed by atoms with van der Waals surface area (Å²) in [5, 5.41) is 38.5. The van der Waals surface area contributed by atoms with Crippen LogP contribution in [0.4, 0.5) is 0 Å². The second-order valence-corrected chi connectivity index (χ2v) is 5.06. The van der Waals surface area contributed by atoms with Crippen molar-refractivity contribution in [3.05, 3.63) is 34.9 Å². The fourth-order valence-corrected chi connectivity index (χ4v) is 2.11. The van der Waals surface area contributed by atoms with Crippen molar-refractivity contribution in [2.24, 2.45) is 0 Å². The van der Waals surface area contributed by atoms with Crippen molar-refractivity contribution in [3.63, 3.8) is 0 Å². The van der Waals surface area contributed by atoms with Crippen LogP contribution in [0.25, 0.3) is 0 Å². The van der Waals surface area contributed by atoms with E-state index in [0.717, 1.165) is 0 Å². The average molecular weight is 305 g/mol. The van der Waals surface area contributed by atoms with Crippen molar-refractivity contribution in [2.45, 2.75) is 30.7 Å². The zero-order valence-corrected chi connectivity index (χ0v) is 11.3. The first-order chi connectivity index (χ1) is 9.52. The molecular formula is C13H17ClO6. The van der Waals surface area contributed by atoms with Crippen LogP contribution in [0.2, 0.25) is 5.02 Å². The van der Waals surface area contributed by atoms with E-state index in [2.05, 4.69) is 0 Å². The van der Waals surface area contributed by atoms with Crippen LogP contribution in [0, 0.1) is 0 Å². The maximum absolute atomic E-state index is 9.85. The van der Waals surface area contributed by atoms with Gasteiger partial charge in [0.05, 0.1) is 13.2 Å². The topological polar surface area (TPSA) is 99.4 Å². The smallest absolute Gasteiger partial charge is 0.184 e. The largest absolute Gasteiger partial charge is 0.394 e. The minimum Gasteiger partial charge on any atom is -0.394 e. The van der Waals surface area contributed by atoms with Gasteiger partial charge in [-0.15, -0.1) is 0 Å². The third-order valence-electron chi connectivity index (χ3n) is 3.14. The first kappa shape index (κ1) is 15.7. The summed E-state index contributed by atoms with van der Waals surface area (Å²) in [6, 6.07) is 6.75. The SMILES string of the molecule is OC[C@@H](O)[C@H](O)[C@H]1OC(c2ccc(Cl)cc2)OC[C@@H]1O. The van der Waals surface area contributed by atoms with Gasteiger partial charge in [0.1, 0.15) is 24.4 Å². The fourth-order valence-electron chi connectivity index (χ4n) is 1.98. The Morgan fingerprint density at radius 2 is 1.90 bits per heavy atom. The predicted molar refractivity (Wildman–Crippen MR) is 70.1 cm³/mol. The first-order valence-electron chi connectivity index (χ1n) is 6.20. The molecule has 0 bridgehead atoms. The normalized spacial score (nSPS) is 29.9. The number of hydrogen-bond acceptors (Lipinski definition) is 6. The van der Waals surface area contributed by atoms with Crippen molar-refractivity contribution < 1.29 is 29.9 Å². The van der Waals surface area contributed by atoms with Gasteiger partial charge in [0, 0.05) is 10.6 Å². The van der Waals surface area contributed by atoms with Gasteiger partial charge in [-0.1, -0.05) is 23.7 Å². The number of aliphatic hydroxyl groups is 4. The van der Waals surface area contributed by atoms with Gasteiger partial charge in [-0.25, -0.2) is 0 Å². The summed E-state index contributed by atoms with van der Waals surface area (Å²) in [5.74, 6) is 0. The number of benzene rings is 1. The van der Waals surface area contributed by atoms with Crippen LogP contribution in [0.1, 0.15) is 11.9 Å². The van der Waals surface area contributed by atoms with Gasteiger partial charge in [-0.05, 0) is 12.1 Å². The lowest BCUT2D eigenvalue weighted by Crippen LogP contribution is -2.52. The molecule has 1 fully saturated rings. The Kier molecular flexibility index (Phi) is 5.34. The van der Waals surface area contributed by atoms with Crippen LogP contribution in [0.5, 0.6) is 0 Å². The Bertz CT molecular complexity index is 425. The Labute approximate surface area is 121 Å². The molecule has 0 radical (unpaired) electrons. The number of hydrogen-bond donors (Lipinski definition) is 4. The molecule has 2 rings (SSSR count). The van der Waals surface area contributed by atoms with Gasteiger partial charge in [0.25, 0.3) is 0 Å². The van der Waals surface area contributed by atoms with Crippen molar-refractivity contribution in [1.29, 1.82) is 0 Å². The number of halogens is 1. The number of ether oxygens (including phenoxy) is 2. The molecule has 1 saturated heterocycles. The zero-order chi connectivity index (χ0) is 14.7. The molecule has 20 heavy (non-hydrogen) atoms.